The standard InChI is InChI=1S/C41H22F8O2/c1-3-25-31(42)35(46)37(48)39(33(25)44)50-23-17-13-21(14-18-23)41(29-11-7-5-9-27(29)28-10-6-8-12-30(28)41)22-15-19-24(20-16-22)51-40-34(45)26(4-2)32(43)36(47)38(40)49/h3-20H,1-2H2. The van der Waals surface area contributed by atoms with Crippen LogP contribution in [0.2, 0.25) is 0 Å². The molecule has 0 N–H and O–H groups in total. The third-order valence-electron chi connectivity index (χ3n) is 8.89. The summed E-state index contributed by atoms with van der Waals surface area (Å²) in [4.78, 5) is 0. The highest BCUT2D eigenvalue weighted by atomic mass is 19.2. The molecular weight excluding hydrogens is 676 g/mol. The fourth-order valence-electron chi connectivity index (χ4n) is 6.60. The molecule has 1 aliphatic rings. The summed E-state index contributed by atoms with van der Waals surface area (Å²) in [5, 5.41) is 0. The Morgan fingerprint density at radius 3 is 1.12 bits per heavy atom. The van der Waals surface area contributed by atoms with Crippen molar-refractivity contribution in [1.29, 1.82) is 0 Å². The first-order valence-electron chi connectivity index (χ1n) is 15.3. The van der Waals surface area contributed by atoms with Crippen LogP contribution in [0.25, 0.3) is 23.3 Å². The van der Waals surface area contributed by atoms with E-state index in [0.717, 1.165) is 22.3 Å². The highest BCUT2D eigenvalue weighted by molar-refractivity contribution is 5.86. The predicted octanol–water partition coefficient (Wildman–Crippen LogP) is 12.0. The van der Waals surface area contributed by atoms with Crippen LogP contribution in [-0.2, 0) is 5.41 Å². The number of hydrogen-bond acceptors (Lipinski definition) is 2. The predicted molar refractivity (Wildman–Crippen MR) is 177 cm³/mol. The fraction of sp³-hybridized carbons (Fsp3) is 0.0244. The first-order valence-corrected chi connectivity index (χ1v) is 15.3. The number of benzene rings is 6. The summed E-state index contributed by atoms with van der Waals surface area (Å²) >= 11 is 0. The number of fused-ring (bicyclic) bond motifs is 3. The van der Waals surface area contributed by atoms with Crippen molar-refractivity contribution in [2.45, 2.75) is 5.41 Å². The molecule has 0 radical (unpaired) electrons. The average Bonchev–Trinajstić information content (AvgIpc) is 3.45. The Morgan fingerprint density at radius 1 is 0.412 bits per heavy atom. The molecular formula is C41H22F8O2. The molecule has 7 rings (SSSR count). The van der Waals surface area contributed by atoms with E-state index >= 15 is 0 Å². The lowest BCUT2D eigenvalue weighted by molar-refractivity contribution is 0.366. The minimum Gasteiger partial charge on any atom is -0.451 e. The van der Waals surface area contributed by atoms with Gasteiger partial charge in [0.25, 0.3) is 0 Å². The van der Waals surface area contributed by atoms with Gasteiger partial charge in [0, 0.05) is 0 Å². The molecule has 0 aromatic heterocycles. The van der Waals surface area contributed by atoms with Crippen molar-refractivity contribution in [1.82, 2.24) is 0 Å². The van der Waals surface area contributed by atoms with Gasteiger partial charge < -0.3 is 9.47 Å². The van der Waals surface area contributed by atoms with Crippen molar-refractivity contribution < 1.29 is 44.6 Å². The van der Waals surface area contributed by atoms with Gasteiger partial charge in [-0.05, 0) is 57.6 Å². The Balaban J connectivity index is 1.35. The summed E-state index contributed by atoms with van der Waals surface area (Å²) in [6, 6.07) is 27.4. The van der Waals surface area contributed by atoms with Gasteiger partial charge in [0.1, 0.15) is 11.5 Å². The van der Waals surface area contributed by atoms with Gasteiger partial charge in [-0.1, -0.05) is 98.1 Å². The molecule has 6 aromatic carbocycles. The zero-order valence-electron chi connectivity index (χ0n) is 26.1. The van der Waals surface area contributed by atoms with Crippen LogP contribution in [-0.4, -0.2) is 0 Å². The van der Waals surface area contributed by atoms with Gasteiger partial charge in [-0.3, -0.25) is 0 Å². The molecule has 10 heteroatoms. The molecule has 1 aliphatic carbocycles. The maximum Gasteiger partial charge on any atom is 0.207 e. The molecule has 254 valence electrons. The number of ether oxygens (including phenoxy) is 2. The summed E-state index contributed by atoms with van der Waals surface area (Å²) in [5.41, 5.74) is 1.96. The second-order valence-electron chi connectivity index (χ2n) is 11.5. The van der Waals surface area contributed by atoms with Gasteiger partial charge >= 0.3 is 0 Å². The number of rotatable bonds is 8. The third kappa shape index (κ3) is 5.00. The van der Waals surface area contributed by atoms with Crippen LogP contribution in [0.4, 0.5) is 35.1 Å². The summed E-state index contributed by atoms with van der Waals surface area (Å²) in [6.45, 7) is 6.50. The Labute approximate surface area is 286 Å². The molecule has 0 bridgehead atoms. The van der Waals surface area contributed by atoms with Crippen molar-refractivity contribution in [3.05, 3.63) is 190 Å². The van der Waals surface area contributed by atoms with Gasteiger partial charge in [0.15, 0.2) is 34.9 Å². The van der Waals surface area contributed by atoms with Crippen LogP contribution < -0.4 is 9.47 Å². The third-order valence-corrected chi connectivity index (χ3v) is 8.89. The first-order chi connectivity index (χ1) is 24.5. The first kappa shape index (κ1) is 33.3. The Bertz CT molecular complexity index is 2220. The van der Waals surface area contributed by atoms with Gasteiger partial charge in [0.05, 0.1) is 16.5 Å². The maximum atomic E-state index is 15.0. The minimum atomic E-state index is -1.92. The van der Waals surface area contributed by atoms with E-state index in [4.69, 9.17) is 9.47 Å². The normalized spacial score (nSPS) is 12.6. The molecule has 0 atom stereocenters. The van der Waals surface area contributed by atoms with Crippen LogP contribution in [0.5, 0.6) is 23.0 Å². The van der Waals surface area contributed by atoms with Crippen molar-refractivity contribution >= 4 is 12.2 Å². The maximum absolute atomic E-state index is 15.0. The highest BCUT2D eigenvalue weighted by Crippen LogP contribution is 2.56. The largest absolute Gasteiger partial charge is 0.451 e. The van der Waals surface area contributed by atoms with E-state index in [1.165, 1.54) is 24.3 Å². The van der Waals surface area contributed by atoms with Gasteiger partial charge in [-0.2, -0.15) is 8.78 Å². The van der Waals surface area contributed by atoms with Crippen molar-refractivity contribution in [2.24, 2.45) is 0 Å². The molecule has 0 amide bonds. The van der Waals surface area contributed by atoms with E-state index < -0.39 is 74.6 Å². The van der Waals surface area contributed by atoms with Crippen LogP contribution in [0.3, 0.4) is 0 Å². The second-order valence-corrected chi connectivity index (χ2v) is 11.5. The van der Waals surface area contributed by atoms with Crippen molar-refractivity contribution in [3.63, 3.8) is 0 Å². The van der Waals surface area contributed by atoms with Gasteiger partial charge in [0.2, 0.25) is 23.1 Å². The average molecular weight is 699 g/mol. The number of hydrogen-bond donors (Lipinski definition) is 0. The molecule has 0 aliphatic heterocycles. The topological polar surface area (TPSA) is 18.5 Å². The number of halogens is 8. The Morgan fingerprint density at radius 2 is 0.765 bits per heavy atom. The van der Waals surface area contributed by atoms with Crippen molar-refractivity contribution in [2.75, 3.05) is 0 Å². The smallest absolute Gasteiger partial charge is 0.207 e. The van der Waals surface area contributed by atoms with Crippen LogP contribution >= 0.6 is 0 Å². The van der Waals surface area contributed by atoms with E-state index in [0.29, 0.717) is 23.3 Å². The Kier molecular flexibility index (Phi) is 8.25. The molecule has 0 saturated heterocycles. The molecule has 0 spiro atoms. The van der Waals surface area contributed by atoms with E-state index in [-0.39, 0.29) is 11.5 Å². The SMILES string of the molecule is C=Cc1c(F)c(F)c(F)c(Oc2ccc(C3(c4ccc(Oc5c(F)c(F)c(F)c(C=C)c5F)cc4)c4ccccc4-c4ccccc43)cc2)c1F. The molecule has 0 fully saturated rings. The summed E-state index contributed by atoms with van der Waals surface area (Å²) < 4.78 is 127. The van der Waals surface area contributed by atoms with Crippen molar-refractivity contribution in [3.8, 4) is 34.1 Å². The molecule has 6 aromatic rings. The van der Waals surface area contributed by atoms with Gasteiger partial charge in [-0.25, -0.2) is 26.3 Å². The highest BCUT2D eigenvalue weighted by Gasteiger charge is 2.46. The van der Waals surface area contributed by atoms with Crippen LogP contribution in [0.15, 0.2) is 110 Å². The van der Waals surface area contributed by atoms with Gasteiger partial charge in [-0.15, -0.1) is 0 Å². The van der Waals surface area contributed by atoms with E-state index in [1.807, 2.05) is 48.5 Å². The van der Waals surface area contributed by atoms with Crippen LogP contribution in [0, 0.1) is 46.5 Å². The van der Waals surface area contributed by atoms with E-state index in [2.05, 4.69) is 13.2 Å². The van der Waals surface area contributed by atoms with E-state index in [1.54, 1.807) is 24.3 Å². The lowest BCUT2D eigenvalue weighted by Gasteiger charge is -2.34. The lowest BCUT2D eigenvalue weighted by atomic mass is 9.68. The quantitative estimate of drug-likeness (QED) is 0.0894. The molecule has 51 heavy (non-hydrogen) atoms. The zero-order valence-corrected chi connectivity index (χ0v) is 26.1. The lowest BCUT2D eigenvalue weighted by Crippen LogP contribution is -2.28. The Hall–Kier alpha value is -6.16. The summed E-state index contributed by atoms with van der Waals surface area (Å²) in [5.74, 6) is -16.4. The summed E-state index contributed by atoms with van der Waals surface area (Å²) in [6.07, 6.45) is 1.42. The molecule has 0 unspecified atom stereocenters. The minimum absolute atomic E-state index is 0.0921. The second kappa shape index (κ2) is 12.6. The molecule has 2 nitrogen and oxygen atoms in total. The monoisotopic (exact) mass is 698 g/mol. The van der Waals surface area contributed by atoms with Crippen LogP contribution in [0.1, 0.15) is 33.4 Å². The fourth-order valence-corrected chi connectivity index (χ4v) is 6.60. The summed E-state index contributed by atoms with van der Waals surface area (Å²) in [7, 11) is 0. The molecule has 0 heterocycles. The zero-order chi connectivity index (χ0) is 36.2. The van der Waals surface area contributed by atoms with E-state index in [9.17, 15) is 35.1 Å². The molecule has 0 saturated carbocycles.